The molecule has 1 heterocycles. The van der Waals surface area contributed by atoms with Crippen LogP contribution in [-0.4, -0.2) is 234 Å². The monoisotopic (exact) mass is 1570 g/mol. The van der Waals surface area contributed by atoms with Gasteiger partial charge in [-0.25, -0.2) is 14.4 Å². The van der Waals surface area contributed by atoms with Gasteiger partial charge < -0.3 is 90.0 Å². The molecule has 0 saturated carbocycles. The predicted octanol–water partition coefficient (Wildman–Crippen LogP) is 9.13. The molecule has 0 aromatic heterocycles. The van der Waals surface area contributed by atoms with Gasteiger partial charge in [-0.05, 0) is 112 Å². The molecule has 1 aliphatic heterocycles. The third kappa shape index (κ3) is 35.1. The van der Waals surface area contributed by atoms with Gasteiger partial charge in [0.2, 0.25) is 29.5 Å². The van der Waals surface area contributed by atoms with Crippen molar-refractivity contribution in [1.29, 1.82) is 0 Å². The van der Waals surface area contributed by atoms with Crippen molar-refractivity contribution in [3.8, 4) is 0 Å². The molecule has 3 rings (SSSR count). The van der Waals surface area contributed by atoms with Gasteiger partial charge in [0.15, 0.2) is 11.6 Å². The minimum Gasteiger partial charge on any atom is -0.445 e. The fourth-order valence-corrected chi connectivity index (χ4v) is 13.9. The van der Waals surface area contributed by atoms with Crippen LogP contribution < -0.4 is 32.3 Å². The van der Waals surface area contributed by atoms with E-state index in [2.05, 4.69) is 26.6 Å². The van der Waals surface area contributed by atoms with Crippen LogP contribution in [0.25, 0.3) is 0 Å². The number of primary amides is 1. The van der Waals surface area contributed by atoms with Crippen molar-refractivity contribution < 1.29 is 95.7 Å². The summed E-state index contributed by atoms with van der Waals surface area (Å²) in [5.41, 5.74) is 6.33. The number of urea groups is 1. The number of nitrogens with zero attached hydrogens (tertiary/aromatic N) is 3. The number of amides is 9. The molecule has 1 saturated heterocycles. The summed E-state index contributed by atoms with van der Waals surface area (Å²) in [5, 5.41) is 24.8. The first-order chi connectivity index (χ1) is 52.5. The molecule has 29 nitrogen and oxygen atoms in total. The summed E-state index contributed by atoms with van der Waals surface area (Å²) in [6.07, 6.45) is -0.00862. The molecule has 2 aromatic rings. The van der Waals surface area contributed by atoms with E-state index in [1.807, 2.05) is 92.6 Å². The van der Waals surface area contributed by atoms with E-state index in [-0.39, 0.29) is 155 Å². The highest BCUT2D eigenvalue weighted by Crippen LogP contribution is 2.34. The van der Waals surface area contributed by atoms with Crippen molar-refractivity contribution >= 4 is 70.8 Å². The number of anilines is 1. The van der Waals surface area contributed by atoms with Crippen LogP contribution in [0.3, 0.4) is 0 Å². The highest BCUT2D eigenvalue weighted by molar-refractivity contribution is 5.98. The van der Waals surface area contributed by atoms with E-state index < -0.39 is 95.9 Å². The van der Waals surface area contributed by atoms with Crippen molar-refractivity contribution in [2.24, 2.45) is 53.1 Å². The average molecular weight is 1570 g/mol. The van der Waals surface area contributed by atoms with Crippen LogP contribution in [0.2, 0.25) is 0 Å². The summed E-state index contributed by atoms with van der Waals surface area (Å²) in [7, 11) is 6.23. The largest absolute Gasteiger partial charge is 0.445 e. The fourth-order valence-electron chi connectivity index (χ4n) is 13.9. The number of ketones is 3. The summed E-state index contributed by atoms with van der Waals surface area (Å²) in [5.74, 6) is -6.31. The Bertz CT molecular complexity index is 3170. The normalized spacial score (nSPS) is 16.3. The second-order valence-electron chi connectivity index (χ2n) is 31.3. The van der Waals surface area contributed by atoms with E-state index >= 15 is 0 Å². The number of aliphatic hydroxyl groups excluding tert-OH is 1. The van der Waals surface area contributed by atoms with E-state index in [0.717, 1.165) is 5.56 Å². The molecule has 9 amide bonds. The van der Waals surface area contributed by atoms with Gasteiger partial charge in [-0.1, -0.05) is 125 Å². The van der Waals surface area contributed by atoms with Gasteiger partial charge in [-0.2, -0.15) is 0 Å². The number of rotatable bonds is 54. The Morgan fingerprint density at radius 3 is 1.83 bits per heavy atom. The standard InChI is InChI=1S/C82H135N9O20/c1-19-55(9)74(68(104-17)49-71(97)91-38-25-29-64(91)76(105-18)57(11)65(92)46-56(10)75(98)59-26-22-21-23-27-59)89(15)78(100)63(52(3)4)48-67(94)73(54(7)8)90(16)81(103)110-50-58-30-32-62(33-31-58)86-77(99)60(28-24-36-85-79(83)101)47-66(93)72(53(5)6)88-70(96)51-109-45-44-108-43-42-107-41-40-106-39-37-84-69(95)35-34-61(20-2)87-80(102)111-82(12,13)14/h21-23,26-27,30-33,52-57,60-61,63-64,68,72-76,98H,19-20,24-25,28-29,34-51H2,1-18H3,(H,84,95)(H,86,99)(H,87,102)(H,88,96)(H3,83,85,101)/t55-,56-,57-,60-,61-,63+,64-,68+,72-,73-,74-,75+,76+/m0/s1. The molecule has 0 unspecified atom stereocenters. The van der Waals surface area contributed by atoms with Crippen LogP contribution >= 0.6 is 0 Å². The van der Waals surface area contributed by atoms with Gasteiger partial charge in [0.25, 0.3) is 0 Å². The van der Waals surface area contributed by atoms with Crippen molar-refractivity contribution in [2.75, 3.05) is 106 Å². The van der Waals surface area contributed by atoms with Gasteiger partial charge in [-0.15, -0.1) is 0 Å². The molecule has 0 spiro atoms. The lowest BCUT2D eigenvalue weighted by Gasteiger charge is -2.41. The summed E-state index contributed by atoms with van der Waals surface area (Å²) >= 11 is 0. The number of Topliss-reactive ketones (excluding diaryl/α,β-unsaturated/α-hetero) is 3. The summed E-state index contributed by atoms with van der Waals surface area (Å²) < 4.78 is 45.3. The maximum absolute atomic E-state index is 14.9. The number of likely N-dealkylation sites (tertiary alicyclic amines) is 1. The van der Waals surface area contributed by atoms with Crippen LogP contribution in [0, 0.1) is 47.3 Å². The first-order valence-corrected chi connectivity index (χ1v) is 39.6. The predicted molar refractivity (Wildman–Crippen MR) is 422 cm³/mol. The minimum atomic E-state index is -0.976. The van der Waals surface area contributed by atoms with Gasteiger partial charge in [0, 0.05) is 103 Å². The molecule has 0 radical (unpaired) electrons. The Balaban J connectivity index is 1.54. The third-order valence-corrected chi connectivity index (χ3v) is 20.4. The lowest BCUT2D eigenvalue weighted by Crippen LogP contribution is -2.54. The Hall–Kier alpha value is -7.67. The third-order valence-electron chi connectivity index (χ3n) is 20.4. The van der Waals surface area contributed by atoms with Gasteiger partial charge >= 0.3 is 18.2 Å². The van der Waals surface area contributed by atoms with Crippen LogP contribution in [0.5, 0.6) is 0 Å². The molecule has 1 aliphatic rings. The number of carbonyl (C=O) groups excluding carboxylic acids is 11. The zero-order valence-electron chi connectivity index (χ0n) is 69.5. The van der Waals surface area contributed by atoms with E-state index in [0.29, 0.717) is 82.7 Å². The summed E-state index contributed by atoms with van der Waals surface area (Å²) in [6.45, 7) is 27.9. The summed E-state index contributed by atoms with van der Waals surface area (Å²) in [6, 6.07) is 11.9. The highest BCUT2D eigenvalue weighted by atomic mass is 16.6. The maximum Gasteiger partial charge on any atom is 0.410 e. The smallest absolute Gasteiger partial charge is 0.410 e. The van der Waals surface area contributed by atoms with Gasteiger partial charge in [0.05, 0.1) is 95.1 Å². The zero-order chi connectivity index (χ0) is 83.1. The lowest BCUT2D eigenvalue weighted by molar-refractivity contribution is -0.149. The number of methoxy groups -OCH3 is 2. The number of nitrogens with one attached hydrogen (secondary N) is 5. The number of hydrogen-bond donors (Lipinski definition) is 7. The van der Waals surface area contributed by atoms with Crippen LogP contribution in [0.1, 0.15) is 191 Å². The lowest BCUT2D eigenvalue weighted by atomic mass is 9.83. The highest BCUT2D eigenvalue weighted by Gasteiger charge is 2.44. The molecule has 0 bridgehead atoms. The quantitative estimate of drug-likeness (QED) is 0.0303. The Kier molecular flexibility index (Phi) is 44.9. The Morgan fingerprint density at radius 2 is 1.27 bits per heavy atom. The second-order valence-corrected chi connectivity index (χ2v) is 31.3. The first kappa shape index (κ1) is 97.5. The molecule has 13 atom stereocenters. The number of hydrogen-bond acceptors (Lipinski definition) is 20. The van der Waals surface area contributed by atoms with Crippen LogP contribution in [0.4, 0.5) is 20.1 Å². The van der Waals surface area contributed by atoms with Gasteiger partial charge in [0.1, 0.15) is 24.6 Å². The number of ether oxygens (including phenoxy) is 8. The minimum absolute atomic E-state index is 0.0595. The molecule has 29 heteroatoms. The number of nitrogens with two attached hydrogens (primary N) is 1. The van der Waals surface area contributed by atoms with E-state index in [1.54, 1.807) is 82.8 Å². The maximum atomic E-state index is 14.9. The van der Waals surface area contributed by atoms with E-state index in [4.69, 9.17) is 43.6 Å². The van der Waals surface area contributed by atoms with Crippen molar-refractivity contribution in [2.45, 2.75) is 235 Å². The Labute approximate surface area is 659 Å². The molecule has 111 heavy (non-hydrogen) atoms. The SMILES string of the molecule is CC[C@@H](CCC(=O)NCCOCCOCCOCCOCC(=O)N[C@H](C(=O)C[C@H](CCCNC(N)=O)C(=O)Nc1ccc(COC(=O)N(C)[C@H](C(=O)C[C@@H](C(=O)N(C)[C@@H]([C@@H](C)CC)[C@@H](CC(=O)N2CCC[C@H]2[C@H](OC)[C@@H](C)C(=O)C[C@H](C)[C@@H](O)c2ccccc2)OC)C(C)C)C(C)C)cc1)C(C)C)NC(=O)OC(C)(C)C. The summed E-state index contributed by atoms with van der Waals surface area (Å²) in [4.78, 5) is 153. The molecule has 2 aromatic carbocycles. The van der Waals surface area contributed by atoms with Crippen LogP contribution in [-0.2, 0) is 82.9 Å². The number of aliphatic hydroxyl groups is 1. The fraction of sp³-hybridized carbons (Fsp3) is 0.720. The Morgan fingerprint density at radius 1 is 0.649 bits per heavy atom. The van der Waals surface area contributed by atoms with Crippen molar-refractivity contribution in [1.82, 2.24) is 36.0 Å². The molecular weight excluding hydrogens is 1430 g/mol. The molecule has 0 aliphatic carbocycles. The molecular formula is C82H135N9O20. The zero-order valence-corrected chi connectivity index (χ0v) is 69.5. The molecule has 628 valence electrons. The van der Waals surface area contributed by atoms with E-state index in [9.17, 15) is 57.8 Å². The topological polar surface area (TPSA) is 378 Å². The number of likely N-dealkylation sites (N-methyl/N-ethyl adjacent to an activating group) is 2. The van der Waals surface area contributed by atoms with Crippen LogP contribution in [0.15, 0.2) is 54.6 Å². The first-order valence-electron chi connectivity index (χ1n) is 39.6. The number of carbonyl (C=O) groups is 11. The number of benzene rings is 2. The van der Waals surface area contributed by atoms with Crippen molar-refractivity contribution in [3.63, 3.8) is 0 Å². The second kappa shape index (κ2) is 51.1. The van der Waals surface area contributed by atoms with Gasteiger partial charge in [-0.3, -0.25) is 38.4 Å². The molecule has 8 N–H and O–H groups in total. The average Bonchev–Trinajstić information content (AvgIpc) is 1.69. The molecule has 1 fully saturated rings. The number of alkyl carbamates (subject to hydrolysis) is 1. The van der Waals surface area contributed by atoms with Crippen molar-refractivity contribution in [3.05, 3.63) is 65.7 Å². The van der Waals surface area contributed by atoms with E-state index in [1.165, 1.54) is 19.1 Å².